The Hall–Kier alpha value is -0.970. The number of hydrogen-bond donors (Lipinski definition) is 1. The smallest absolute Gasteiger partial charge is 0.226 e. The highest BCUT2D eigenvalue weighted by Crippen LogP contribution is 2.18. The van der Waals surface area contributed by atoms with Crippen molar-refractivity contribution in [2.24, 2.45) is 0 Å². The van der Waals surface area contributed by atoms with Crippen LogP contribution in [-0.2, 0) is 11.2 Å². The van der Waals surface area contributed by atoms with Crippen LogP contribution in [0.2, 0.25) is 0 Å². The van der Waals surface area contributed by atoms with Crippen LogP contribution in [-0.4, -0.2) is 16.1 Å². The molecule has 1 heterocycles. The highest BCUT2D eigenvalue weighted by atomic mass is 32.1. The zero-order valence-corrected chi connectivity index (χ0v) is 13.6. The lowest BCUT2D eigenvalue weighted by Crippen LogP contribution is -2.10. The molecule has 0 aliphatic carbocycles. The Morgan fingerprint density at radius 2 is 1.70 bits per heavy atom. The molecule has 0 aliphatic heterocycles. The van der Waals surface area contributed by atoms with Crippen molar-refractivity contribution in [3.8, 4) is 0 Å². The van der Waals surface area contributed by atoms with E-state index in [0.29, 0.717) is 11.6 Å². The number of nitrogens with one attached hydrogen (secondary N) is 1. The first kappa shape index (κ1) is 17.1. The number of amides is 1. The molecule has 1 amide bonds. The van der Waals surface area contributed by atoms with Gasteiger partial charge in [0.15, 0.2) is 0 Å². The van der Waals surface area contributed by atoms with E-state index in [9.17, 15) is 4.79 Å². The number of aryl methyl sites for hydroxylation is 1. The molecule has 20 heavy (non-hydrogen) atoms. The number of unbranched alkanes of at least 4 members (excludes halogenated alkanes) is 6. The zero-order chi connectivity index (χ0) is 14.6. The van der Waals surface area contributed by atoms with Gasteiger partial charge in [-0.3, -0.25) is 4.79 Å². The predicted octanol–water partition coefficient (Wildman–Crippen LogP) is 4.57. The molecular weight excluding hydrogens is 270 g/mol. The van der Waals surface area contributed by atoms with E-state index in [4.69, 9.17) is 0 Å². The maximum absolute atomic E-state index is 11.7. The van der Waals surface area contributed by atoms with E-state index in [-0.39, 0.29) is 5.91 Å². The average molecular weight is 297 g/mol. The van der Waals surface area contributed by atoms with Crippen LogP contribution in [0.15, 0.2) is 0 Å². The monoisotopic (exact) mass is 297 g/mol. The van der Waals surface area contributed by atoms with Gasteiger partial charge in [0.25, 0.3) is 0 Å². The number of nitrogens with zero attached hydrogens (tertiary/aromatic N) is 2. The van der Waals surface area contributed by atoms with Gasteiger partial charge in [0.05, 0.1) is 0 Å². The van der Waals surface area contributed by atoms with Crippen LogP contribution >= 0.6 is 11.3 Å². The van der Waals surface area contributed by atoms with Gasteiger partial charge in [0.1, 0.15) is 5.01 Å². The lowest BCUT2D eigenvalue weighted by atomic mass is 10.1. The molecule has 114 valence electrons. The molecule has 4 nitrogen and oxygen atoms in total. The highest BCUT2D eigenvalue weighted by molar-refractivity contribution is 7.15. The quantitative estimate of drug-likeness (QED) is 0.609. The van der Waals surface area contributed by atoms with Gasteiger partial charge < -0.3 is 5.32 Å². The van der Waals surface area contributed by atoms with Crippen LogP contribution in [0, 0.1) is 0 Å². The molecule has 0 unspecified atom stereocenters. The van der Waals surface area contributed by atoms with Crippen molar-refractivity contribution in [3.63, 3.8) is 0 Å². The van der Waals surface area contributed by atoms with Gasteiger partial charge in [-0.05, 0) is 12.8 Å². The van der Waals surface area contributed by atoms with Gasteiger partial charge in [0.2, 0.25) is 11.0 Å². The van der Waals surface area contributed by atoms with Crippen LogP contribution in [0.25, 0.3) is 0 Å². The van der Waals surface area contributed by atoms with E-state index in [1.165, 1.54) is 43.4 Å². The summed E-state index contributed by atoms with van der Waals surface area (Å²) in [4.78, 5) is 11.7. The van der Waals surface area contributed by atoms with E-state index in [0.717, 1.165) is 30.7 Å². The number of anilines is 1. The summed E-state index contributed by atoms with van der Waals surface area (Å²) in [6.45, 7) is 4.38. The molecule has 0 radical (unpaired) electrons. The van der Waals surface area contributed by atoms with Crippen molar-refractivity contribution in [1.29, 1.82) is 0 Å². The van der Waals surface area contributed by atoms with Crippen LogP contribution < -0.4 is 5.32 Å². The first-order valence-corrected chi connectivity index (χ1v) is 8.70. The average Bonchev–Trinajstić information content (AvgIpc) is 2.87. The molecule has 0 aliphatic rings. The summed E-state index contributed by atoms with van der Waals surface area (Å²) in [7, 11) is 0. The van der Waals surface area contributed by atoms with Crippen LogP contribution in [0.5, 0.6) is 0 Å². The molecule has 0 atom stereocenters. The van der Waals surface area contributed by atoms with Crippen LogP contribution in [0.4, 0.5) is 5.13 Å². The third kappa shape index (κ3) is 7.58. The Labute approximate surface area is 126 Å². The second-order valence-corrected chi connectivity index (χ2v) is 6.23. The molecule has 0 spiro atoms. The summed E-state index contributed by atoms with van der Waals surface area (Å²) in [5.41, 5.74) is 0. The predicted molar refractivity (Wildman–Crippen MR) is 85.1 cm³/mol. The minimum absolute atomic E-state index is 0.0646. The summed E-state index contributed by atoms with van der Waals surface area (Å²) in [5, 5.41) is 12.7. The third-order valence-corrected chi connectivity index (χ3v) is 4.11. The van der Waals surface area contributed by atoms with Gasteiger partial charge in [-0.15, -0.1) is 10.2 Å². The molecule has 1 rings (SSSR count). The Kier molecular flexibility index (Phi) is 9.20. The number of hydrogen-bond acceptors (Lipinski definition) is 4. The first-order chi connectivity index (χ1) is 9.76. The summed E-state index contributed by atoms with van der Waals surface area (Å²) in [6, 6.07) is 0. The largest absolute Gasteiger partial charge is 0.301 e. The first-order valence-electron chi connectivity index (χ1n) is 7.88. The lowest BCUT2D eigenvalue weighted by Gasteiger charge is -2.00. The number of carbonyl (C=O) groups is 1. The zero-order valence-electron chi connectivity index (χ0n) is 12.8. The fourth-order valence-corrected chi connectivity index (χ4v) is 2.80. The third-order valence-electron chi connectivity index (χ3n) is 3.21. The summed E-state index contributed by atoms with van der Waals surface area (Å²) in [6.07, 6.45) is 11.0. The number of carbonyl (C=O) groups excluding carboxylic acids is 1. The maximum atomic E-state index is 11.7. The van der Waals surface area contributed by atoms with E-state index >= 15 is 0 Å². The Balaban J connectivity index is 2.20. The maximum Gasteiger partial charge on any atom is 0.226 e. The fraction of sp³-hybridized carbons (Fsp3) is 0.800. The molecule has 0 aromatic carbocycles. The van der Waals surface area contributed by atoms with Crippen molar-refractivity contribution in [1.82, 2.24) is 10.2 Å². The standard InChI is InChI=1S/C15H27N3OS/c1-3-5-7-9-11-13(19)16-15-18-17-14(20-15)12-10-8-6-4-2/h3-12H2,1-2H3,(H,16,18,19). The van der Waals surface area contributed by atoms with Crippen molar-refractivity contribution in [2.45, 2.75) is 78.1 Å². The summed E-state index contributed by atoms with van der Waals surface area (Å²) >= 11 is 1.51. The van der Waals surface area contributed by atoms with Gasteiger partial charge in [-0.2, -0.15) is 0 Å². The second kappa shape index (κ2) is 10.8. The SMILES string of the molecule is CCCCCCC(=O)Nc1nnc(CCCCCC)s1. The fourth-order valence-electron chi connectivity index (χ4n) is 2.00. The normalized spacial score (nSPS) is 10.7. The molecule has 1 N–H and O–H groups in total. The molecule has 1 aromatic heterocycles. The van der Waals surface area contributed by atoms with Crippen molar-refractivity contribution in [2.75, 3.05) is 5.32 Å². The molecule has 0 saturated carbocycles. The second-order valence-electron chi connectivity index (χ2n) is 5.17. The van der Waals surface area contributed by atoms with Crippen LogP contribution in [0.3, 0.4) is 0 Å². The van der Waals surface area contributed by atoms with E-state index in [1.54, 1.807) is 0 Å². The van der Waals surface area contributed by atoms with Gasteiger partial charge >= 0.3 is 0 Å². The van der Waals surface area contributed by atoms with Gasteiger partial charge in [-0.1, -0.05) is 63.7 Å². The summed E-state index contributed by atoms with van der Waals surface area (Å²) in [5.74, 6) is 0.0646. The Morgan fingerprint density at radius 1 is 1.00 bits per heavy atom. The van der Waals surface area contributed by atoms with E-state index < -0.39 is 0 Å². The van der Waals surface area contributed by atoms with E-state index in [2.05, 4.69) is 29.4 Å². The molecular formula is C15H27N3OS. The topological polar surface area (TPSA) is 54.9 Å². The van der Waals surface area contributed by atoms with Gasteiger partial charge in [0, 0.05) is 12.8 Å². The molecule has 0 fully saturated rings. The van der Waals surface area contributed by atoms with Crippen molar-refractivity contribution < 1.29 is 4.79 Å². The minimum Gasteiger partial charge on any atom is -0.301 e. The Morgan fingerprint density at radius 3 is 2.40 bits per heavy atom. The molecule has 5 heteroatoms. The summed E-state index contributed by atoms with van der Waals surface area (Å²) < 4.78 is 0. The van der Waals surface area contributed by atoms with Crippen molar-refractivity contribution in [3.05, 3.63) is 5.01 Å². The molecule has 1 aromatic rings. The van der Waals surface area contributed by atoms with E-state index in [1.807, 2.05) is 0 Å². The molecule has 0 bridgehead atoms. The number of rotatable bonds is 11. The minimum atomic E-state index is 0.0646. The Bertz CT molecular complexity index is 379. The van der Waals surface area contributed by atoms with Crippen LogP contribution in [0.1, 0.15) is 76.6 Å². The van der Waals surface area contributed by atoms with Gasteiger partial charge in [-0.25, -0.2) is 0 Å². The van der Waals surface area contributed by atoms with Crippen molar-refractivity contribution >= 4 is 22.4 Å². The lowest BCUT2D eigenvalue weighted by molar-refractivity contribution is -0.116. The highest BCUT2D eigenvalue weighted by Gasteiger charge is 2.07. The number of aromatic nitrogens is 2. The molecule has 0 saturated heterocycles.